The standard InChI is InChI=1S/C14H20F2N2/c1-2-3-14(18-8-6-17-7-9-18)12-5-4-11(15)10-13(12)16/h4-5,10,14,17H,2-3,6-9H2,1H3/t14-/m1/s1. The number of nitrogens with zero attached hydrogens (tertiary/aromatic N) is 1. The molecule has 1 fully saturated rings. The SMILES string of the molecule is CCC[C@H](c1ccc(F)cc1F)N1CCNCC1. The van der Waals surface area contributed by atoms with E-state index in [2.05, 4.69) is 17.1 Å². The Morgan fingerprint density at radius 1 is 1.28 bits per heavy atom. The van der Waals surface area contributed by atoms with Crippen LogP contribution in [0.1, 0.15) is 31.4 Å². The van der Waals surface area contributed by atoms with Crippen LogP contribution >= 0.6 is 0 Å². The number of rotatable bonds is 4. The first-order valence-electron chi connectivity index (χ1n) is 6.62. The van der Waals surface area contributed by atoms with Gasteiger partial charge in [0.25, 0.3) is 0 Å². The molecule has 0 spiro atoms. The maximum absolute atomic E-state index is 13.9. The lowest BCUT2D eigenvalue weighted by molar-refractivity contribution is 0.161. The Bertz CT molecular complexity index is 389. The molecule has 1 saturated heterocycles. The van der Waals surface area contributed by atoms with Crippen LogP contribution in [0.15, 0.2) is 18.2 Å². The van der Waals surface area contributed by atoms with Gasteiger partial charge >= 0.3 is 0 Å². The highest BCUT2D eigenvalue weighted by atomic mass is 19.1. The normalized spacial score (nSPS) is 18.8. The third-order valence-electron chi connectivity index (χ3n) is 3.48. The summed E-state index contributed by atoms with van der Waals surface area (Å²) in [5.41, 5.74) is 0.625. The molecule has 1 heterocycles. The van der Waals surface area contributed by atoms with Gasteiger partial charge in [0.05, 0.1) is 0 Å². The van der Waals surface area contributed by atoms with Crippen LogP contribution in [0.2, 0.25) is 0 Å². The van der Waals surface area contributed by atoms with Gasteiger partial charge in [-0.15, -0.1) is 0 Å². The number of benzene rings is 1. The van der Waals surface area contributed by atoms with Crippen molar-refractivity contribution >= 4 is 0 Å². The molecule has 0 bridgehead atoms. The summed E-state index contributed by atoms with van der Waals surface area (Å²) in [7, 11) is 0. The molecule has 1 aliphatic heterocycles. The second-order valence-electron chi connectivity index (χ2n) is 4.76. The molecule has 0 amide bonds. The van der Waals surface area contributed by atoms with Crippen molar-refractivity contribution in [3.63, 3.8) is 0 Å². The number of piperazine rings is 1. The van der Waals surface area contributed by atoms with Crippen LogP contribution in [0, 0.1) is 11.6 Å². The largest absolute Gasteiger partial charge is 0.314 e. The van der Waals surface area contributed by atoms with Crippen molar-refractivity contribution in [2.75, 3.05) is 26.2 Å². The van der Waals surface area contributed by atoms with Crippen molar-refractivity contribution in [3.05, 3.63) is 35.4 Å². The molecule has 2 nitrogen and oxygen atoms in total. The summed E-state index contributed by atoms with van der Waals surface area (Å²) >= 11 is 0. The molecule has 1 aromatic carbocycles. The quantitative estimate of drug-likeness (QED) is 0.888. The Labute approximate surface area is 107 Å². The van der Waals surface area contributed by atoms with Crippen molar-refractivity contribution in [3.8, 4) is 0 Å². The Morgan fingerprint density at radius 3 is 2.61 bits per heavy atom. The molecule has 1 aliphatic rings. The molecule has 0 unspecified atom stereocenters. The molecular weight excluding hydrogens is 234 g/mol. The fourth-order valence-corrected chi connectivity index (χ4v) is 2.57. The maximum Gasteiger partial charge on any atom is 0.130 e. The topological polar surface area (TPSA) is 15.3 Å². The molecule has 1 aromatic rings. The van der Waals surface area contributed by atoms with Gasteiger partial charge in [-0.3, -0.25) is 4.90 Å². The predicted octanol–water partition coefficient (Wildman–Crippen LogP) is 2.71. The van der Waals surface area contributed by atoms with Crippen molar-refractivity contribution in [1.29, 1.82) is 0 Å². The Hall–Kier alpha value is -1.00. The average Bonchev–Trinajstić information content (AvgIpc) is 2.38. The molecule has 0 aromatic heterocycles. The molecular formula is C14H20F2N2. The summed E-state index contributed by atoms with van der Waals surface area (Å²) in [6.07, 6.45) is 1.90. The minimum absolute atomic E-state index is 0.0673. The summed E-state index contributed by atoms with van der Waals surface area (Å²) in [6.45, 7) is 5.80. The van der Waals surface area contributed by atoms with E-state index in [0.29, 0.717) is 5.56 Å². The lowest BCUT2D eigenvalue weighted by Gasteiger charge is -2.35. The maximum atomic E-state index is 13.9. The first-order valence-corrected chi connectivity index (χ1v) is 6.62. The van der Waals surface area contributed by atoms with E-state index in [-0.39, 0.29) is 6.04 Å². The van der Waals surface area contributed by atoms with E-state index in [1.807, 2.05) is 0 Å². The average molecular weight is 254 g/mol. The Balaban J connectivity index is 2.22. The van der Waals surface area contributed by atoms with Crippen LogP contribution in [0.25, 0.3) is 0 Å². The summed E-state index contributed by atoms with van der Waals surface area (Å²) in [6, 6.07) is 3.99. The van der Waals surface area contributed by atoms with Crippen molar-refractivity contribution in [2.24, 2.45) is 0 Å². The van der Waals surface area contributed by atoms with Crippen LogP contribution in [-0.2, 0) is 0 Å². The third-order valence-corrected chi connectivity index (χ3v) is 3.48. The fourth-order valence-electron chi connectivity index (χ4n) is 2.57. The molecule has 100 valence electrons. The second kappa shape index (κ2) is 6.25. The van der Waals surface area contributed by atoms with Crippen LogP contribution in [-0.4, -0.2) is 31.1 Å². The van der Waals surface area contributed by atoms with Gasteiger partial charge in [0.1, 0.15) is 11.6 Å². The number of nitrogens with one attached hydrogen (secondary N) is 1. The molecule has 4 heteroatoms. The number of hydrogen-bond acceptors (Lipinski definition) is 2. The van der Waals surface area contributed by atoms with Gasteiger partial charge in [-0.1, -0.05) is 19.4 Å². The van der Waals surface area contributed by atoms with E-state index >= 15 is 0 Å². The summed E-state index contributed by atoms with van der Waals surface area (Å²) < 4.78 is 26.9. The minimum Gasteiger partial charge on any atom is -0.314 e. The van der Waals surface area contributed by atoms with E-state index in [1.54, 1.807) is 6.07 Å². The first-order chi connectivity index (χ1) is 8.72. The number of halogens is 2. The van der Waals surface area contributed by atoms with Gasteiger partial charge in [-0.25, -0.2) is 8.78 Å². The van der Waals surface area contributed by atoms with E-state index in [0.717, 1.165) is 45.1 Å². The molecule has 18 heavy (non-hydrogen) atoms. The van der Waals surface area contributed by atoms with Crippen LogP contribution < -0.4 is 5.32 Å². The van der Waals surface area contributed by atoms with E-state index < -0.39 is 11.6 Å². The highest BCUT2D eigenvalue weighted by molar-refractivity contribution is 5.22. The molecule has 0 saturated carbocycles. The Kier molecular flexibility index (Phi) is 4.66. The molecule has 0 radical (unpaired) electrons. The highest BCUT2D eigenvalue weighted by Crippen LogP contribution is 2.28. The van der Waals surface area contributed by atoms with Gasteiger partial charge in [-0.2, -0.15) is 0 Å². The predicted molar refractivity (Wildman–Crippen MR) is 68.4 cm³/mol. The van der Waals surface area contributed by atoms with Crippen LogP contribution in [0.5, 0.6) is 0 Å². The second-order valence-corrected chi connectivity index (χ2v) is 4.76. The lowest BCUT2D eigenvalue weighted by Crippen LogP contribution is -2.45. The Morgan fingerprint density at radius 2 is 2.00 bits per heavy atom. The van der Waals surface area contributed by atoms with E-state index in [9.17, 15) is 8.78 Å². The molecule has 2 rings (SSSR count). The zero-order chi connectivity index (χ0) is 13.0. The monoisotopic (exact) mass is 254 g/mol. The van der Waals surface area contributed by atoms with Gasteiger partial charge < -0.3 is 5.32 Å². The zero-order valence-electron chi connectivity index (χ0n) is 10.8. The summed E-state index contributed by atoms with van der Waals surface area (Å²) in [4.78, 5) is 2.29. The summed E-state index contributed by atoms with van der Waals surface area (Å²) in [5.74, 6) is -0.932. The van der Waals surface area contributed by atoms with Crippen LogP contribution in [0.4, 0.5) is 8.78 Å². The minimum atomic E-state index is -0.508. The number of hydrogen-bond donors (Lipinski definition) is 1. The van der Waals surface area contributed by atoms with Crippen LogP contribution in [0.3, 0.4) is 0 Å². The molecule has 1 atom stereocenters. The van der Waals surface area contributed by atoms with Crippen molar-refractivity contribution in [1.82, 2.24) is 10.2 Å². The molecule has 1 N–H and O–H groups in total. The van der Waals surface area contributed by atoms with Gasteiger partial charge in [0.15, 0.2) is 0 Å². The van der Waals surface area contributed by atoms with Crippen molar-refractivity contribution in [2.45, 2.75) is 25.8 Å². The van der Waals surface area contributed by atoms with Gasteiger partial charge in [-0.05, 0) is 12.5 Å². The molecule has 0 aliphatic carbocycles. The van der Waals surface area contributed by atoms with Crippen molar-refractivity contribution < 1.29 is 8.78 Å². The van der Waals surface area contributed by atoms with Gasteiger partial charge in [0.2, 0.25) is 0 Å². The smallest absolute Gasteiger partial charge is 0.130 e. The lowest BCUT2D eigenvalue weighted by atomic mass is 9.99. The highest BCUT2D eigenvalue weighted by Gasteiger charge is 2.23. The third kappa shape index (κ3) is 3.06. The fraction of sp³-hybridized carbons (Fsp3) is 0.571. The zero-order valence-corrected chi connectivity index (χ0v) is 10.8. The summed E-state index contributed by atoms with van der Waals surface area (Å²) in [5, 5.41) is 3.29. The first kappa shape index (κ1) is 13.4. The van der Waals surface area contributed by atoms with E-state index in [4.69, 9.17) is 0 Å². The van der Waals surface area contributed by atoms with Gasteiger partial charge in [0, 0.05) is 43.9 Å². The van der Waals surface area contributed by atoms with E-state index in [1.165, 1.54) is 6.07 Å².